The Kier molecular flexibility index (Phi) is 9.60. The summed E-state index contributed by atoms with van der Waals surface area (Å²) < 4.78 is 12.0. The molecule has 2 aliphatic heterocycles. The van der Waals surface area contributed by atoms with Crippen LogP contribution in [-0.4, -0.2) is 0 Å². The van der Waals surface area contributed by atoms with E-state index in [4.69, 9.17) is 9.47 Å². The summed E-state index contributed by atoms with van der Waals surface area (Å²) in [6.07, 6.45) is 6.44. The molecule has 2 nitrogen and oxygen atoms in total. The SMILES string of the molecule is CCCCc1cc(C#Cc2c(CCCC)cc(C#Cc3ccccc3)c3c2COC3)c2c(c1C#Cc1ccccc1)COC2. The molecule has 2 heterocycles. The Labute approximate surface area is 262 Å². The van der Waals surface area contributed by atoms with Crippen molar-refractivity contribution in [3.05, 3.63) is 140 Å². The van der Waals surface area contributed by atoms with Gasteiger partial charge in [-0.15, -0.1) is 0 Å². The lowest BCUT2D eigenvalue weighted by Crippen LogP contribution is -2.02. The predicted octanol–water partition coefficient (Wildman–Crippen LogP) is 8.63. The van der Waals surface area contributed by atoms with Gasteiger partial charge in [0.25, 0.3) is 0 Å². The van der Waals surface area contributed by atoms with Crippen LogP contribution in [0.5, 0.6) is 0 Å². The first-order valence-electron chi connectivity index (χ1n) is 15.9. The van der Waals surface area contributed by atoms with E-state index in [1.54, 1.807) is 0 Å². The maximum absolute atomic E-state index is 6.02. The molecule has 0 amide bonds. The molecule has 0 bridgehead atoms. The highest BCUT2D eigenvalue weighted by Crippen LogP contribution is 2.33. The molecule has 0 saturated carbocycles. The molecule has 2 heteroatoms. The Morgan fingerprint density at radius 2 is 0.909 bits per heavy atom. The van der Waals surface area contributed by atoms with Gasteiger partial charge in [0.05, 0.1) is 26.4 Å². The summed E-state index contributed by atoms with van der Waals surface area (Å²) >= 11 is 0. The second-order valence-corrected chi connectivity index (χ2v) is 11.5. The van der Waals surface area contributed by atoms with Crippen molar-refractivity contribution in [3.8, 4) is 35.5 Å². The molecule has 0 N–H and O–H groups in total. The second-order valence-electron chi connectivity index (χ2n) is 11.5. The number of rotatable bonds is 6. The van der Waals surface area contributed by atoms with Crippen LogP contribution in [0.4, 0.5) is 0 Å². The van der Waals surface area contributed by atoms with Gasteiger partial charge < -0.3 is 9.47 Å². The van der Waals surface area contributed by atoms with Crippen LogP contribution in [0.25, 0.3) is 0 Å². The Hall–Kier alpha value is -4.52. The summed E-state index contributed by atoms with van der Waals surface area (Å²) in [5, 5.41) is 0. The number of aryl methyl sites for hydroxylation is 2. The quantitative estimate of drug-likeness (QED) is 0.215. The van der Waals surface area contributed by atoms with Crippen LogP contribution < -0.4 is 0 Å². The average molecular weight is 575 g/mol. The summed E-state index contributed by atoms with van der Waals surface area (Å²) in [4.78, 5) is 0. The molecule has 0 spiro atoms. The number of hydrogen-bond acceptors (Lipinski definition) is 2. The normalized spacial score (nSPS) is 12.7. The number of benzene rings is 4. The zero-order valence-electron chi connectivity index (χ0n) is 25.8. The monoisotopic (exact) mass is 574 g/mol. The van der Waals surface area contributed by atoms with Gasteiger partial charge in [0, 0.05) is 55.6 Å². The van der Waals surface area contributed by atoms with Crippen LogP contribution >= 0.6 is 0 Å². The van der Waals surface area contributed by atoms with E-state index in [2.05, 4.69) is 85.8 Å². The lowest BCUT2D eigenvalue weighted by atomic mass is 9.89. The molecular weight excluding hydrogens is 536 g/mol. The lowest BCUT2D eigenvalue weighted by molar-refractivity contribution is 0.134. The molecule has 4 aromatic rings. The molecule has 0 radical (unpaired) electrons. The van der Waals surface area contributed by atoms with Crippen LogP contribution in [0, 0.1) is 35.5 Å². The Morgan fingerprint density at radius 3 is 1.39 bits per heavy atom. The fourth-order valence-electron chi connectivity index (χ4n) is 5.95. The lowest BCUT2D eigenvalue weighted by Gasteiger charge is -2.13. The molecule has 4 aromatic carbocycles. The molecule has 0 fully saturated rings. The van der Waals surface area contributed by atoms with Crippen molar-refractivity contribution in [2.75, 3.05) is 0 Å². The minimum Gasteiger partial charge on any atom is -0.372 e. The summed E-state index contributed by atoms with van der Waals surface area (Å²) in [6, 6.07) is 25.0. The average Bonchev–Trinajstić information content (AvgIpc) is 3.76. The van der Waals surface area contributed by atoms with E-state index < -0.39 is 0 Å². The van der Waals surface area contributed by atoms with E-state index in [9.17, 15) is 0 Å². The van der Waals surface area contributed by atoms with Crippen molar-refractivity contribution in [2.24, 2.45) is 0 Å². The predicted molar refractivity (Wildman–Crippen MR) is 178 cm³/mol. The highest BCUT2D eigenvalue weighted by Gasteiger charge is 2.23. The summed E-state index contributed by atoms with van der Waals surface area (Å²) in [6.45, 7) is 6.79. The number of unbranched alkanes of at least 4 members (excludes halogenated alkanes) is 2. The molecule has 0 aliphatic carbocycles. The summed E-state index contributed by atoms with van der Waals surface area (Å²) in [5.74, 6) is 21.0. The molecule has 6 rings (SSSR count). The van der Waals surface area contributed by atoms with Gasteiger partial charge in [-0.1, -0.05) is 98.6 Å². The van der Waals surface area contributed by atoms with Gasteiger partial charge in [-0.05, 0) is 73.2 Å². The number of fused-ring (bicyclic) bond motifs is 2. The summed E-state index contributed by atoms with van der Waals surface area (Å²) in [5.41, 5.74) is 13.7. The third kappa shape index (κ3) is 6.67. The first-order valence-corrected chi connectivity index (χ1v) is 15.9. The first kappa shape index (κ1) is 29.5. The summed E-state index contributed by atoms with van der Waals surface area (Å²) in [7, 11) is 0. The Balaban J connectivity index is 1.44. The van der Waals surface area contributed by atoms with Gasteiger partial charge in [-0.25, -0.2) is 0 Å². The van der Waals surface area contributed by atoms with E-state index in [0.717, 1.165) is 71.9 Å². The fourth-order valence-corrected chi connectivity index (χ4v) is 5.95. The van der Waals surface area contributed by atoms with Gasteiger partial charge in [-0.2, -0.15) is 0 Å². The largest absolute Gasteiger partial charge is 0.372 e. The molecule has 0 saturated heterocycles. The van der Waals surface area contributed by atoms with Gasteiger partial charge >= 0.3 is 0 Å². The van der Waals surface area contributed by atoms with Crippen molar-refractivity contribution >= 4 is 0 Å². The zero-order valence-corrected chi connectivity index (χ0v) is 25.8. The third-order valence-electron chi connectivity index (χ3n) is 8.39. The fraction of sp³-hybridized carbons (Fsp3) is 0.286. The molecule has 218 valence electrons. The van der Waals surface area contributed by atoms with Crippen LogP contribution in [0.2, 0.25) is 0 Å². The van der Waals surface area contributed by atoms with Crippen LogP contribution in [0.15, 0.2) is 72.8 Å². The van der Waals surface area contributed by atoms with E-state index in [-0.39, 0.29) is 0 Å². The molecule has 0 atom stereocenters. The van der Waals surface area contributed by atoms with Gasteiger partial charge in [0.2, 0.25) is 0 Å². The highest BCUT2D eigenvalue weighted by atomic mass is 16.5. The van der Waals surface area contributed by atoms with Crippen molar-refractivity contribution in [1.29, 1.82) is 0 Å². The maximum atomic E-state index is 6.02. The molecule has 2 aliphatic rings. The second kappa shape index (κ2) is 14.3. The van der Waals surface area contributed by atoms with Crippen LogP contribution in [-0.2, 0) is 48.7 Å². The van der Waals surface area contributed by atoms with Crippen LogP contribution in [0.3, 0.4) is 0 Å². The van der Waals surface area contributed by atoms with Crippen molar-refractivity contribution in [2.45, 2.75) is 78.8 Å². The number of ether oxygens (including phenoxy) is 2. The first-order chi connectivity index (χ1) is 21.7. The van der Waals surface area contributed by atoms with Crippen molar-refractivity contribution in [1.82, 2.24) is 0 Å². The van der Waals surface area contributed by atoms with Gasteiger partial charge in [0.1, 0.15) is 0 Å². The Bertz CT molecular complexity index is 1830. The van der Waals surface area contributed by atoms with E-state index >= 15 is 0 Å². The van der Waals surface area contributed by atoms with E-state index in [1.165, 1.54) is 33.4 Å². The molecule has 44 heavy (non-hydrogen) atoms. The van der Waals surface area contributed by atoms with Gasteiger partial charge in [0.15, 0.2) is 0 Å². The minimum atomic E-state index is 0.575. The maximum Gasteiger partial charge on any atom is 0.0737 e. The van der Waals surface area contributed by atoms with Crippen molar-refractivity contribution < 1.29 is 9.47 Å². The topological polar surface area (TPSA) is 18.5 Å². The Morgan fingerprint density at radius 1 is 0.500 bits per heavy atom. The number of hydrogen-bond donors (Lipinski definition) is 0. The smallest absolute Gasteiger partial charge is 0.0737 e. The van der Waals surface area contributed by atoms with E-state index in [1.807, 2.05) is 36.4 Å². The highest BCUT2D eigenvalue weighted by molar-refractivity contribution is 5.64. The third-order valence-corrected chi connectivity index (χ3v) is 8.39. The van der Waals surface area contributed by atoms with Crippen molar-refractivity contribution in [3.63, 3.8) is 0 Å². The molecule has 0 unspecified atom stereocenters. The van der Waals surface area contributed by atoms with Crippen LogP contribution in [0.1, 0.15) is 106 Å². The van der Waals surface area contributed by atoms with Gasteiger partial charge in [-0.3, -0.25) is 0 Å². The zero-order chi connectivity index (χ0) is 30.1. The molecular formula is C42H38O2. The minimum absolute atomic E-state index is 0.575. The molecule has 0 aromatic heterocycles. The standard InChI is InChI=1S/C42H38O2/c1-3-5-17-33-26-36(40-28-44-29-41(40)37(33)23-20-32-15-11-8-12-16-32)22-24-38-34(18-6-4-2)25-35(39-27-43-30-42(38)39)21-19-31-13-9-7-10-14-31/h7-16,25-26H,3-6,17-18,27-30H2,1-2H3. The van der Waals surface area contributed by atoms with E-state index in [0.29, 0.717) is 26.4 Å².